The second kappa shape index (κ2) is 8.79. The van der Waals surface area contributed by atoms with Crippen LogP contribution in [0.5, 0.6) is 0 Å². The Kier molecular flexibility index (Phi) is 7.39. The molecule has 0 saturated carbocycles. The Morgan fingerprint density at radius 3 is 2.19 bits per heavy atom. The van der Waals surface area contributed by atoms with Gasteiger partial charge < -0.3 is 14.9 Å². The number of nitrogens with zero attached hydrogens (tertiary/aromatic N) is 1. The fourth-order valence-electron chi connectivity index (χ4n) is 2.31. The van der Waals surface area contributed by atoms with Crippen LogP contribution < -0.4 is 0 Å². The van der Waals surface area contributed by atoms with Crippen molar-refractivity contribution in [2.75, 3.05) is 32.8 Å². The summed E-state index contributed by atoms with van der Waals surface area (Å²) in [5.41, 5.74) is 0.0828. The quantitative estimate of drug-likeness (QED) is 0.662. The molecule has 1 unspecified atom stereocenters. The van der Waals surface area contributed by atoms with Crippen molar-refractivity contribution in [2.24, 2.45) is 5.92 Å². The van der Waals surface area contributed by atoms with Gasteiger partial charge >= 0.3 is 11.9 Å². The first-order chi connectivity index (χ1) is 9.95. The zero-order chi connectivity index (χ0) is 15.8. The molecule has 0 radical (unpaired) electrons. The molecule has 0 spiro atoms. The van der Waals surface area contributed by atoms with Crippen molar-refractivity contribution < 1.29 is 24.5 Å². The lowest BCUT2D eigenvalue weighted by Gasteiger charge is -2.26. The second-order valence-electron chi connectivity index (χ2n) is 5.49. The van der Waals surface area contributed by atoms with Crippen molar-refractivity contribution in [1.29, 1.82) is 0 Å². The molecule has 2 N–H and O–H groups in total. The molecule has 6 nitrogen and oxygen atoms in total. The normalized spacial score (nSPS) is 19.0. The van der Waals surface area contributed by atoms with E-state index in [1.54, 1.807) is 0 Å². The fourth-order valence-corrected chi connectivity index (χ4v) is 2.31. The summed E-state index contributed by atoms with van der Waals surface area (Å²) in [4.78, 5) is 24.9. The Bertz CT molecular complexity index is 399. The van der Waals surface area contributed by atoms with Crippen LogP contribution in [-0.2, 0) is 14.3 Å². The molecular formula is C15H25NO5. The van der Waals surface area contributed by atoms with Crippen LogP contribution in [0.2, 0.25) is 0 Å². The van der Waals surface area contributed by atoms with Gasteiger partial charge in [0.2, 0.25) is 0 Å². The summed E-state index contributed by atoms with van der Waals surface area (Å²) in [6.07, 6.45) is 1.39. The zero-order valence-corrected chi connectivity index (χ0v) is 12.8. The van der Waals surface area contributed by atoms with Crippen LogP contribution >= 0.6 is 0 Å². The number of hydrogen-bond acceptors (Lipinski definition) is 4. The predicted octanol–water partition coefficient (Wildman–Crippen LogP) is 1.61. The van der Waals surface area contributed by atoms with E-state index in [1.807, 2.05) is 13.8 Å². The first kappa shape index (κ1) is 17.7. The third-order valence-electron chi connectivity index (χ3n) is 3.91. The molecule has 1 fully saturated rings. The van der Waals surface area contributed by atoms with E-state index < -0.39 is 11.9 Å². The van der Waals surface area contributed by atoms with Gasteiger partial charge in [0.25, 0.3) is 0 Å². The molecule has 1 aliphatic rings. The van der Waals surface area contributed by atoms with Crippen molar-refractivity contribution >= 4 is 11.9 Å². The van der Waals surface area contributed by atoms with Crippen molar-refractivity contribution in [3.05, 3.63) is 11.1 Å². The number of carboxylic acid groups (broad SMARTS) is 2. The molecule has 0 bridgehead atoms. The highest BCUT2D eigenvalue weighted by Crippen LogP contribution is 2.21. The molecule has 0 aromatic rings. The molecule has 1 atom stereocenters. The average molecular weight is 299 g/mol. The number of carboxylic acids is 2. The third-order valence-corrected chi connectivity index (χ3v) is 3.91. The Morgan fingerprint density at radius 2 is 1.71 bits per heavy atom. The average Bonchev–Trinajstić information content (AvgIpc) is 2.46. The number of aliphatic carboxylic acids is 2. The summed E-state index contributed by atoms with van der Waals surface area (Å²) < 4.78 is 5.24. The maximum atomic E-state index is 11.4. The lowest BCUT2D eigenvalue weighted by atomic mass is 9.93. The summed E-state index contributed by atoms with van der Waals surface area (Å²) in [5.74, 6) is -2.08. The van der Waals surface area contributed by atoms with Gasteiger partial charge in [-0.25, -0.2) is 9.59 Å². The predicted molar refractivity (Wildman–Crippen MR) is 78.2 cm³/mol. The van der Waals surface area contributed by atoms with Crippen LogP contribution in [-0.4, -0.2) is 59.9 Å². The Labute approximate surface area is 125 Å². The smallest absolute Gasteiger partial charge is 0.332 e. The van der Waals surface area contributed by atoms with Crippen molar-refractivity contribution in [2.45, 2.75) is 33.1 Å². The number of hydrogen-bond donors (Lipinski definition) is 2. The minimum Gasteiger partial charge on any atom is -0.478 e. The van der Waals surface area contributed by atoms with Crippen LogP contribution in [0.3, 0.4) is 0 Å². The molecule has 21 heavy (non-hydrogen) atoms. The highest BCUT2D eigenvalue weighted by molar-refractivity contribution is 5.98. The van der Waals surface area contributed by atoms with Gasteiger partial charge in [-0.15, -0.1) is 0 Å². The first-order valence-corrected chi connectivity index (χ1v) is 7.44. The maximum Gasteiger partial charge on any atom is 0.332 e. The van der Waals surface area contributed by atoms with Gasteiger partial charge in [0, 0.05) is 30.8 Å². The lowest BCUT2D eigenvalue weighted by Crippen LogP contribution is -2.37. The minimum atomic E-state index is -1.12. The molecule has 1 aliphatic heterocycles. The molecule has 0 aromatic carbocycles. The van der Waals surface area contributed by atoms with Crippen LogP contribution in [0, 0.1) is 5.92 Å². The topological polar surface area (TPSA) is 87.1 Å². The van der Waals surface area contributed by atoms with Crippen molar-refractivity contribution in [3.8, 4) is 0 Å². The second-order valence-corrected chi connectivity index (χ2v) is 5.49. The van der Waals surface area contributed by atoms with Gasteiger partial charge in [-0.05, 0) is 18.8 Å². The van der Waals surface area contributed by atoms with Gasteiger partial charge in [-0.1, -0.05) is 20.3 Å². The Morgan fingerprint density at radius 1 is 1.14 bits per heavy atom. The molecule has 0 aliphatic carbocycles. The summed E-state index contributed by atoms with van der Waals surface area (Å²) in [6, 6.07) is 0. The molecule has 6 heteroatoms. The lowest BCUT2D eigenvalue weighted by molar-refractivity contribution is -0.136. The summed E-state index contributed by atoms with van der Waals surface area (Å²) >= 11 is 0. The van der Waals surface area contributed by atoms with Gasteiger partial charge in [0.1, 0.15) is 0 Å². The standard InChI is InChI=1S/C15H25NO5/c1-3-11(2)10-13(15(19)20)12(14(17)18)4-5-16-6-8-21-9-7-16/h11H,3-10H2,1-2H3,(H,17,18)(H,19,20). The molecular weight excluding hydrogens is 274 g/mol. The monoisotopic (exact) mass is 299 g/mol. The maximum absolute atomic E-state index is 11.4. The minimum absolute atomic E-state index is 0.0364. The van der Waals surface area contributed by atoms with E-state index >= 15 is 0 Å². The molecule has 120 valence electrons. The highest BCUT2D eigenvalue weighted by atomic mass is 16.5. The first-order valence-electron chi connectivity index (χ1n) is 7.44. The number of rotatable bonds is 8. The van der Waals surface area contributed by atoms with Crippen LogP contribution in [0.25, 0.3) is 0 Å². The van der Waals surface area contributed by atoms with E-state index in [9.17, 15) is 19.8 Å². The molecule has 1 saturated heterocycles. The van der Waals surface area contributed by atoms with E-state index in [4.69, 9.17) is 4.74 Å². The number of carbonyl (C=O) groups is 2. The molecule has 0 amide bonds. The van der Waals surface area contributed by atoms with E-state index in [1.165, 1.54) is 0 Å². The largest absolute Gasteiger partial charge is 0.478 e. The molecule has 1 heterocycles. The van der Waals surface area contributed by atoms with E-state index in [0.29, 0.717) is 26.2 Å². The highest BCUT2D eigenvalue weighted by Gasteiger charge is 2.22. The van der Waals surface area contributed by atoms with Gasteiger partial charge in [0.15, 0.2) is 0 Å². The number of ether oxygens (including phenoxy) is 1. The summed E-state index contributed by atoms with van der Waals surface area (Å²) in [5, 5.41) is 18.7. The van der Waals surface area contributed by atoms with Crippen LogP contribution in [0.15, 0.2) is 11.1 Å². The van der Waals surface area contributed by atoms with Crippen LogP contribution in [0.4, 0.5) is 0 Å². The van der Waals surface area contributed by atoms with Gasteiger partial charge in [-0.3, -0.25) is 4.90 Å². The van der Waals surface area contributed by atoms with E-state index in [2.05, 4.69) is 4.90 Å². The van der Waals surface area contributed by atoms with Crippen molar-refractivity contribution in [1.82, 2.24) is 4.90 Å². The summed E-state index contributed by atoms with van der Waals surface area (Å²) in [7, 11) is 0. The Hall–Kier alpha value is -1.40. The SMILES string of the molecule is CCC(C)CC(C(=O)O)=C(CCN1CCOCC1)C(=O)O. The van der Waals surface area contributed by atoms with Crippen LogP contribution in [0.1, 0.15) is 33.1 Å². The van der Waals surface area contributed by atoms with Gasteiger partial charge in [-0.2, -0.15) is 0 Å². The summed E-state index contributed by atoms with van der Waals surface area (Å²) in [6.45, 7) is 7.28. The van der Waals surface area contributed by atoms with Crippen molar-refractivity contribution in [3.63, 3.8) is 0 Å². The Balaban J connectivity index is 2.80. The number of morpholine rings is 1. The fraction of sp³-hybridized carbons (Fsp3) is 0.733. The van der Waals surface area contributed by atoms with E-state index in [0.717, 1.165) is 19.5 Å². The zero-order valence-electron chi connectivity index (χ0n) is 12.8. The third kappa shape index (κ3) is 5.85. The van der Waals surface area contributed by atoms with E-state index in [-0.39, 0.29) is 23.5 Å². The molecule has 1 rings (SSSR count). The molecule has 0 aromatic heterocycles. The van der Waals surface area contributed by atoms with Gasteiger partial charge in [0.05, 0.1) is 13.2 Å².